The summed E-state index contributed by atoms with van der Waals surface area (Å²) in [5.41, 5.74) is 1.41. The highest BCUT2D eigenvalue weighted by atomic mass is 16.5. The Morgan fingerprint density at radius 1 is 1.21 bits per heavy atom. The summed E-state index contributed by atoms with van der Waals surface area (Å²) >= 11 is 0. The fraction of sp³-hybridized carbons (Fsp3) is 0.450. The topological polar surface area (TPSA) is 97.3 Å². The van der Waals surface area contributed by atoms with Crippen LogP contribution >= 0.6 is 0 Å². The van der Waals surface area contributed by atoms with Crippen molar-refractivity contribution in [2.45, 2.75) is 26.2 Å². The summed E-state index contributed by atoms with van der Waals surface area (Å²) in [6.07, 6.45) is 9.09. The Morgan fingerprint density at radius 3 is 2.75 bits per heavy atom. The van der Waals surface area contributed by atoms with E-state index in [9.17, 15) is 9.59 Å². The maximum atomic E-state index is 12.7. The third kappa shape index (κ3) is 5.48. The maximum Gasteiger partial charge on any atom is 0.302 e. The number of aromatic nitrogens is 3. The molecule has 28 heavy (non-hydrogen) atoms. The minimum absolute atomic E-state index is 0.144. The second kappa shape index (κ2) is 9.77. The van der Waals surface area contributed by atoms with Crippen molar-refractivity contribution in [2.75, 3.05) is 31.1 Å². The molecule has 1 N–H and O–H groups in total. The minimum atomic E-state index is -0.243. The van der Waals surface area contributed by atoms with Crippen LogP contribution in [0.3, 0.4) is 0 Å². The van der Waals surface area contributed by atoms with Gasteiger partial charge in [0, 0.05) is 57.8 Å². The summed E-state index contributed by atoms with van der Waals surface area (Å²) in [4.78, 5) is 38.4. The lowest BCUT2D eigenvalue weighted by Crippen LogP contribution is -2.37. The molecule has 0 radical (unpaired) electrons. The van der Waals surface area contributed by atoms with E-state index in [1.165, 1.54) is 6.92 Å². The molecule has 0 atom stereocenters. The average molecular weight is 383 g/mol. The number of carbonyl (C=O) groups is 2. The van der Waals surface area contributed by atoms with Gasteiger partial charge in [0.15, 0.2) is 0 Å². The number of hydrogen-bond donors (Lipinski definition) is 1. The number of nitrogens with zero attached hydrogens (tertiary/aromatic N) is 4. The Labute approximate surface area is 164 Å². The van der Waals surface area contributed by atoms with Gasteiger partial charge in [-0.15, -0.1) is 0 Å². The number of anilines is 1. The van der Waals surface area contributed by atoms with Crippen LogP contribution in [0.2, 0.25) is 0 Å². The van der Waals surface area contributed by atoms with Gasteiger partial charge >= 0.3 is 5.97 Å². The predicted molar refractivity (Wildman–Crippen MR) is 104 cm³/mol. The number of esters is 1. The van der Waals surface area contributed by atoms with E-state index < -0.39 is 0 Å². The molecule has 1 fully saturated rings. The van der Waals surface area contributed by atoms with Gasteiger partial charge in [-0.1, -0.05) is 0 Å². The van der Waals surface area contributed by atoms with Crippen molar-refractivity contribution in [3.63, 3.8) is 0 Å². The summed E-state index contributed by atoms with van der Waals surface area (Å²) in [7, 11) is 0. The number of amides is 1. The number of carbonyl (C=O) groups excluding carboxylic acids is 2. The zero-order valence-corrected chi connectivity index (χ0v) is 16.0. The van der Waals surface area contributed by atoms with E-state index in [-0.39, 0.29) is 11.9 Å². The lowest BCUT2D eigenvalue weighted by Gasteiger charge is -2.33. The zero-order valence-electron chi connectivity index (χ0n) is 16.0. The molecule has 0 unspecified atom stereocenters. The van der Waals surface area contributed by atoms with E-state index in [4.69, 9.17) is 4.74 Å². The number of nitrogens with one attached hydrogen (secondary N) is 1. The fourth-order valence-corrected chi connectivity index (χ4v) is 3.23. The van der Waals surface area contributed by atoms with Gasteiger partial charge in [-0.05, 0) is 30.9 Å². The van der Waals surface area contributed by atoms with Crippen molar-refractivity contribution in [1.29, 1.82) is 0 Å². The van der Waals surface area contributed by atoms with Gasteiger partial charge in [0.1, 0.15) is 5.82 Å². The normalized spacial score (nSPS) is 14.5. The number of ether oxygens (including phenoxy) is 1. The molecule has 2 aromatic rings. The van der Waals surface area contributed by atoms with E-state index in [1.54, 1.807) is 36.9 Å². The highest BCUT2D eigenvalue weighted by Gasteiger charge is 2.24. The first kappa shape index (κ1) is 19.7. The smallest absolute Gasteiger partial charge is 0.302 e. The van der Waals surface area contributed by atoms with Crippen LogP contribution in [0.15, 0.2) is 36.9 Å². The Hall–Kier alpha value is -3.03. The first-order valence-corrected chi connectivity index (χ1v) is 9.50. The van der Waals surface area contributed by atoms with E-state index >= 15 is 0 Å². The van der Waals surface area contributed by atoms with Crippen LogP contribution in [0.25, 0.3) is 0 Å². The SMILES string of the molecule is CC(=O)OCC1CCN(c2ncccc2C(=O)NCCc2cnccn2)CC1. The molecular weight excluding hydrogens is 358 g/mol. The Bertz CT molecular complexity index is 791. The summed E-state index contributed by atoms with van der Waals surface area (Å²) in [5, 5.41) is 2.94. The van der Waals surface area contributed by atoms with E-state index in [0.29, 0.717) is 36.9 Å². The fourth-order valence-electron chi connectivity index (χ4n) is 3.23. The maximum absolute atomic E-state index is 12.7. The Kier molecular flexibility index (Phi) is 6.89. The van der Waals surface area contributed by atoms with Crippen LogP contribution in [-0.4, -0.2) is 53.1 Å². The first-order chi connectivity index (χ1) is 13.6. The molecule has 0 spiro atoms. The second-order valence-corrected chi connectivity index (χ2v) is 6.81. The van der Waals surface area contributed by atoms with Crippen molar-refractivity contribution >= 4 is 17.7 Å². The van der Waals surface area contributed by atoms with Gasteiger partial charge in [0.2, 0.25) is 0 Å². The zero-order chi connectivity index (χ0) is 19.8. The molecule has 148 valence electrons. The molecule has 0 aliphatic carbocycles. The third-order valence-corrected chi connectivity index (χ3v) is 4.75. The van der Waals surface area contributed by atoms with Crippen LogP contribution in [0.5, 0.6) is 0 Å². The monoisotopic (exact) mass is 383 g/mol. The summed E-state index contributed by atoms with van der Waals surface area (Å²) < 4.78 is 5.12. The van der Waals surface area contributed by atoms with Crippen LogP contribution in [0, 0.1) is 5.92 Å². The highest BCUT2D eigenvalue weighted by molar-refractivity contribution is 5.98. The third-order valence-electron chi connectivity index (χ3n) is 4.75. The van der Waals surface area contributed by atoms with Gasteiger partial charge < -0.3 is 15.0 Å². The van der Waals surface area contributed by atoms with Crippen LogP contribution < -0.4 is 10.2 Å². The van der Waals surface area contributed by atoms with E-state index in [2.05, 4.69) is 25.2 Å². The molecule has 1 amide bonds. The molecule has 8 heteroatoms. The van der Waals surface area contributed by atoms with Crippen molar-refractivity contribution in [3.8, 4) is 0 Å². The van der Waals surface area contributed by atoms with Crippen LogP contribution in [0.1, 0.15) is 35.8 Å². The molecule has 1 saturated heterocycles. The Balaban J connectivity index is 1.55. The number of rotatable bonds is 7. The second-order valence-electron chi connectivity index (χ2n) is 6.81. The molecule has 0 aromatic carbocycles. The highest BCUT2D eigenvalue weighted by Crippen LogP contribution is 2.24. The largest absolute Gasteiger partial charge is 0.466 e. The molecular formula is C20H25N5O3. The molecule has 1 aliphatic rings. The predicted octanol–water partition coefficient (Wildman–Crippen LogP) is 1.62. The summed E-state index contributed by atoms with van der Waals surface area (Å²) in [5.74, 6) is 0.667. The average Bonchev–Trinajstić information content (AvgIpc) is 2.73. The van der Waals surface area contributed by atoms with Gasteiger partial charge in [-0.2, -0.15) is 0 Å². The number of piperidine rings is 1. The van der Waals surface area contributed by atoms with E-state index in [1.807, 2.05) is 0 Å². The van der Waals surface area contributed by atoms with Crippen molar-refractivity contribution in [1.82, 2.24) is 20.3 Å². The van der Waals surface area contributed by atoms with Crippen molar-refractivity contribution < 1.29 is 14.3 Å². The quantitative estimate of drug-likeness (QED) is 0.726. The van der Waals surface area contributed by atoms with Crippen LogP contribution in [0.4, 0.5) is 5.82 Å². The van der Waals surface area contributed by atoms with Gasteiger partial charge in [-0.3, -0.25) is 19.6 Å². The summed E-state index contributed by atoms with van der Waals surface area (Å²) in [6, 6.07) is 3.57. The standard InChI is InChI=1S/C20H25N5O3/c1-15(26)28-14-16-5-11-25(12-6-16)19-18(3-2-7-23-19)20(27)24-8-4-17-13-21-9-10-22-17/h2-3,7,9-10,13,16H,4-6,8,11-12,14H2,1H3,(H,24,27). The number of hydrogen-bond acceptors (Lipinski definition) is 7. The molecule has 1 aliphatic heterocycles. The van der Waals surface area contributed by atoms with Crippen molar-refractivity contribution in [2.24, 2.45) is 5.92 Å². The van der Waals surface area contributed by atoms with Gasteiger partial charge in [0.25, 0.3) is 5.91 Å². The molecule has 8 nitrogen and oxygen atoms in total. The molecule has 2 aromatic heterocycles. The lowest BCUT2D eigenvalue weighted by atomic mass is 9.97. The molecule has 0 bridgehead atoms. The van der Waals surface area contributed by atoms with Gasteiger partial charge in [-0.25, -0.2) is 4.98 Å². The lowest BCUT2D eigenvalue weighted by molar-refractivity contribution is -0.142. The first-order valence-electron chi connectivity index (χ1n) is 9.50. The van der Waals surface area contributed by atoms with Crippen LogP contribution in [-0.2, 0) is 16.0 Å². The number of pyridine rings is 1. The molecule has 3 rings (SSSR count). The molecule has 0 saturated carbocycles. The van der Waals surface area contributed by atoms with Crippen molar-refractivity contribution in [3.05, 3.63) is 48.2 Å². The van der Waals surface area contributed by atoms with Gasteiger partial charge in [0.05, 0.1) is 17.9 Å². The summed E-state index contributed by atoms with van der Waals surface area (Å²) in [6.45, 7) is 3.93. The Morgan fingerprint density at radius 2 is 2.04 bits per heavy atom. The van der Waals surface area contributed by atoms with E-state index in [0.717, 1.165) is 31.6 Å². The minimum Gasteiger partial charge on any atom is -0.466 e. The molecule has 3 heterocycles.